The maximum Gasteiger partial charge on any atom is 0.258 e. The first-order valence-corrected chi connectivity index (χ1v) is 11.9. The van der Waals surface area contributed by atoms with Gasteiger partial charge in [0.1, 0.15) is 5.82 Å². The largest absolute Gasteiger partial charge is 0.351 e. The normalized spacial score (nSPS) is 15.9. The minimum Gasteiger partial charge on any atom is -0.351 e. The fraction of sp³-hybridized carbons (Fsp3) is 0.179. The fourth-order valence-corrected chi connectivity index (χ4v) is 4.74. The van der Waals surface area contributed by atoms with Gasteiger partial charge in [0.2, 0.25) is 5.82 Å². The summed E-state index contributed by atoms with van der Waals surface area (Å²) < 4.78 is 19.9. The molecule has 1 aliphatic heterocycles. The molecule has 0 saturated carbocycles. The van der Waals surface area contributed by atoms with Crippen LogP contribution in [0.5, 0.6) is 0 Å². The van der Waals surface area contributed by atoms with Crippen molar-refractivity contribution in [1.82, 2.24) is 15.5 Å². The molecule has 176 valence electrons. The first-order chi connectivity index (χ1) is 16.9. The first kappa shape index (κ1) is 22.9. The van der Waals surface area contributed by atoms with Crippen LogP contribution in [0.25, 0.3) is 17.0 Å². The molecule has 3 aromatic carbocycles. The molecular weight excluding hydrogens is 459 g/mol. The van der Waals surface area contributed by atoms with Gasteiger partial charge in [-0.25, -0.2) is 4.39 Å². The van der Waals surface area contributed by atoms with Crippen LogP contribution in [0.3, 0.4) is 0 Å². The number of nitrogens with one attached hydrogen (secondary N) is 1. The summed E-state index contributed by atoms with van der Waals surface area (Å²) in [6, 6.07) is 22.4. The van der Waals surface area contributed by atoms with E-state index in [1.807, 2.05) is 44.2 Å². The second kappa shape index (κ2) is 9.43. The van der Waals surface area contributed by atoms with Crippen LogP contribution in [-0.2, 0) is 6.42 Å². The van der Waals surface area contributed by atoms with Crippen molar-refractivity contribution in [1.29, 1.82) is 0 Å². The molecule has 1 N–H and O–H groups in total. The molecular formula is C28H25FN4OS. The number of thiocarbonyl (C=S) groups is 1. The molecule has 0 aliphatic carbocycles. The van der Waals surface area contributed by atoms with E-state index in [4.69, 9.17) is 21.7 Å². The lowest BCUT2D eigenvalue weighted by molar-refractivity contribution is 0.404. The Morgan fingerprint density at radius 2 is 1.80 bits per heavy atom. The molecule has 5 rings (SSSR count). The van der Waals surface area contributed by atoms with Crippen LogP contribution in [0.4, 0.5) is 10.1 Å². The van der Waals surface area contributed by atoms with Crippen LogP contribution in [0, 0.1) is 12.7 Å². The molecule has 0 fully saturated rings. The predicted molar refractivity (Wildman–Crippen MR) is 140 cm³/mol. The highest BCUT2D eigenvalue weighted by atomic mass is 32.1. The summed E-state index contributed by atoms with van der Waals surface area (Å²) in [5, 5.41) is 8.16. The molecule has 7 heteroatoms. The average Bonchev–Trinajstić information content (AvgIpc) is 3.34. The second-order valence-corrected chi connectivity index (χ2v) is 8.97. The highest BCUT2D eigenvalue weighted by molar-refractivity contribution is 7.80. The Bertz CT molecular complexity index is 1430. The van der Waals surface area contributed by atoms with E-state index in [9.17, 15) is 4.39 Å². The predicted octanol–water partition coefficient (Wildman–Crippen LogP) is 6.61. The monoisotopic (exact) mass is 484 g/mol. The van der Waals surface area contributed by atoms with E-state index < -0.39 is 0 Å². The van der Waals surface area contributed by atoms with Gasteiger partial charge in [-0.05, 0) is 67.9 Å². The smallest absolute Gasteiger partial charge is 0.258 e. The van der Waals surface area contributed by atoms with Crippen molar-refractivity contribution in [3.8, 4) is 11.4 Å². The fourth-order valence-electron chi connectivity index (χ4n) is 4.38. The second-order valence-electron chi connectivity index (χ2n) is 8.58. The Morgan fingerprint density at radius 1 is 1.03 bits per heavy atom. The van der Waals surface area contributed by atoms with Crippen molar-refractivity contribution >= 4 is 28.6 Å². The minimum absolute atomic E-state index is 0.302. The Hall–Kier alpha value is -3.84. The number of anilines is 1. The molecule has 0 amide bonds. The molecule has 2 heterocycles. The van der Waals surface area contributed by atoms with Crippen LogP contribution < -0.4 is 10.2 Å². The van der Waals surface area contributed by atoms with E-state index in [-0.39, 0.29) is 11.9 Å². The van der Waals surface area contributed by atoms with E-state index in [1.54, 1.807) is 11.0 Å². The lowest BCUT2D eigenvalue weighted by Gasteiger charge is -2.37. The van der Waals surface area contributed by atoms with Crippen molar-refractivity contribution in [3.05, 3.63) is 107 Å². The van der Waals surface area contributed by atoms with Gasteiger partial charge in [-0.15, -0.1) is 0 Å². The number of halogens is 1. The highest BCUT2D eigenvalue weighted by Gasteiger charge is 2.34. The van der Waals surface area contributed by atoms with E-state index in [0.29, 0.717) is 22.5 Å². The topological polar surface area (TPSA) is 54.2 Å². The maximum absolute atomic E-state index is 14.1. The van der Waals surface area contributed by atoms with Crippen LogP contribution in [0.1, 0.15) is 42.5 Å². The quantitative estimate of drug-likeness (QED) is 0.322. The number of aryl methyl sites for hydroxylation is 2. The summed E-state index contributed by atoms with van der Waals surface area (Å²) in [5.41, 5.74) is 6.46. The maximum atomic E-state index is 14.1. The molecule has 0 radical (unpaired) electrons. The minimum atomic E-state index is -0.337. The summed E-state index contributed by atoms with van der Waals surface area (Å²) in [6.07, 6.45) is 0.954. The molecule has 0 spiro atoms. The third kappa shape index (κ3) is 4.47. The lowest BCUT2D eigenvalue weighted by atomic mass is 9.93. The van der Waals surface area contributed by atoms with Crippen molar-refractivity contribution < 1.29 is 8.91 Å². The lowest BCUT2D eigenvalue weighted by Crippen LogP contribution is -2.46. The molecule has 0 saturated heterocycles. The van der Waals surface area contributed by atoms with Crippen LogP contribution in [0.15, 0.2) is 83.0 Å². The number of allylic oxidation sites excluding steroid dienone is 1. The van der Waals surface area contributed by atoms with Crippen LogP contribution in [-0.4, -0.2) is 15.3 Å². The number of nitrogens with zero attached hydrogens (tertiary/aromatic N) is 3. The van der Waals surface area contributed by atoms with E-state index in [1.165, 1.54) is 17.7 Å². The van der Waals surface area contributed by atoms with Crippen molar-refractivity contribution in [2.45, 2.75) is 33.2 Å². The van der Waals surface area contributed by atoms with Crippen molar-refractivity contribution in [2.24, 2.45) is 0 Å². The Morgan fingerprint density at radius 3 is 2.51 bits per heavy atom. The molecule has 1 unspecified atom stereocenters. The van der Waals surface area contributed by atoms with Gasteiger partial charge in [0, 0.05) is 11.3 Å². The number of hydrogen-bond acceptors (Lipinski definition) is 4. The number of rotatable bonds is 5. The summed E-state index contributed by atoms with van der Waals surface area (Å²) in [4.78, 5) is 6.56. The van der Waals surface area contributed by atoms with E-state index in [0.717, 1.165) is 34.4 Å². The molecule has 4 aromatic rings. The summed E-state index contributed by atoms with van der Waals surface area (Å²) >= 11 is 5.75. The van der Waals surface area contributed by atoms with Gasteiger partial charge in [-0.1, -0.05) is 66.2 Å². The van der Waals surface area contributed by atoms with Crippen LogP contribution in [0.2, 0.25) is 0 Å². The highest BCUT2D eigenvalue weighted by Crippen LogP contribution is 2.39. The third-order valence-corrected chi connectivity index (χ3v) is 6.51. The van der Waals surface area contributed by atoms with Gasteiger partial charge in [0.25, 0.3) is 5.89 Å². The van der Waals surface area contributed by atoms with Gasteiger partial charge < -0.3 is 9.84 Å². The zero-order valence-electron chi connectivity index (χ0n) is 19.7. The Kier molecular flexibility index (Phi) is 6.17. The first-order valence-electron chi connectivity index (χ1n) is 11.5. The number of hydrogen-bond donors (Lipinski definition) is 1. The van der Waals surface area contributed by atoms with Crippen molar-refractivity contribution in [2.75, 3.05) is 4.90 Å². The van der Waals surface area contributed by atoms with Gasteiger partial charge in [-0.3, -0.25) is 4.90 Å². The van der Waals surface area contributed by atoms with Crippen molar-refractivity contribution in [3.63, 3.8) is 0 Å². The summed E-state index contributed by atoms with van der Waals surface area (Å²) in [5.74, 6) is 0.561. The van der Waals surface area contributed by atoms with E-state index in [2.05, 4.69) is 41.7 Å². The summed E-state index contributed by atoms with van der Waals surface area (Å²) in [6.45, 7) is 6.09. The van der Waals surface area contributed by atoms with Gasteiger partial charge in [0.15, 0.2) is 5.11 Å². The van der Waals surface area contributed by atoms with Crippen LogP contribution >= 0.6 is 12.2 Å². The average molecular weight is 485 g/mol. The van der Waals surface area contributed by atoms with Gasteiger partial charge >= 0.3 is 0 Å². The number of benzene rings is 3. The molecule has 5 nitrogen and oxygen atoms in total. The third-order valence-electron chi connectivity index (χ3n) is 6.21. The standard InChI is InChI=1S/C28H25FN4OS/c1-4-19-11-13-20(14-12-19)25-24(27-31-26(32-34-27)21-8-5-7-17(2)15-21)18(3)33(28(35)30-25)23-10-6-9-22(29)16-23/h5-16,25H,4H2,1-3H3,(H,30,35). The Balaban J connectivity index is 1.65. The van der Waals surface area contributed by atoms with Gasteiger partial charge in [0.05, 0.1) is 17.3 Å². The van der Waals surface area contributed by atoms with E-state index >= 15 is 0 Å². The van der Waals surface area contributed by atoms with Gasteiger partial charge in [-0.2, -0.15) is 4.98 Å². The zero-order chi connectivity index (χ0) is 24.5. The molecule has 1 aromatic heterocycles. The summed E-state index contributed by atoms with van der Waals surface area (Å²) in [7, 11) is 0. The molecule has 1 atom stereocenters. The zero-order valence-corrected chi connectivity index (χ0v) is 20.6. The molecule has 0 bridgehead atoms. The molecule has 1 aliphatic rings. The number of aromatic nitrogens is 2. The molecule has 35 heavy (non-hydrogen) atoms. The SMILES string of the molecule is CCc1ccc(C2NC(=S)N(c3cccc(F)c3)C(C)=C2c2nc(-c3cccc(C)c3)no2)cc1. The Labute approximate surface area is 209 Å².